The van der Waals surface area contributed by atoms with Gasteiger partial charge in [0.05, 0.1) is 23.4 Å². The van der Waals surface area contributed by atoms with E-state index >= 15 is 0 Å². The van der Waals surface area contributed by atoms with E-state index in [1.165, 1.54) is 35.3 Å². The van der Waals surface area contributed by atoms with Gasteiger partial charge in [-0.3, -0.25) is 19.6 Å². The first-order chi connectivity index (χ1) is 12.4. The van der Waals surface area contributed by atoms with Crippen LogP contribution < -0.4 is 5.32 Å². The summed E-state index contributed by atoms with van der Waals surface area (Å²) in [4.78, 5) is 22.5. The number of halogens is 2. The lowest BCUT2D eigenvalue weighted by Gasteiger charge is -2.04. The number of hydrogen-bond donors (Lipinski definition) is 1. The van der Waals surface area contributed by atoms with Crippen LogP contribution in [0, 0.1) is 15.9 Å². The molecule has 26 heavy (non-hydrogen) atoms. The molecule has 0 unspecified atom stereocenters. The molecule has 0 fully saturated rings. The number of nitro benzene ring substituents is 1. The molecule has 7 nitrogen and oxygen atoms in total. The standard InChI is InChI=1S/C17H12ClFN4O3/c18-14-6-5-11(7-16(14)23(25)26)17(24)21-13-8-20-22(10-13)9-12-3-1-2-4-15(12)19/h1-8,10H,9H2,(H,21,24). The lowest BCUT2D eigenvalue weighted by Crippen LogP contribution is -2.11. The van der Waals surface area contributed by atoms with Gasteiger partial charge in [0, 0.05) is 23.4 Å². The van der Waals surface area contributed by atoms with E-state index in [2.05, 4.69) is 10.4 Å². The molecule has 1 N–H and O–H groups in total. The molecule has 0 saturated heterocycles. The molecule has 2 aromatic carbocycles. The van der Waals surface area contributed by atoms with Gasteiger partial charge in [-0.2, -0.15) is 5.10 Å². The minimum absolute atomic E-state index is 0.0516. The van der Waals surface area contributed by atoms with Gasteiger partial charge in [-0.1, -0.05) is 29.8 Å². The van der Waals surface area contributed by atoms with Gasteiger partial charge in [0.1, 0.15) is 10.8 Å². The van der Waals surface area contributed by atoms with Gasteiger partial charge in [-0.05, 0) is 18.2 Å². The summed E-state index contributed by atoms with van der Waals surface area (Å²) in [6.07, 6.45) is 2.94. The lowest BCUT2D eigenvalue weighted by molar-refractivity contribution is -0.384. The molecule has 3 aromatic rings. The number of hydrogen-bond acceptors (Lipinski definition) is 4. The van der Waals surface area contributed by atoms with Crippen LogP contribution in [0.15, 0.2) is 54.9 Å². The van der Waals surface area contributed by atoms with Crippen molar-refractivity contribution in [1.82, 2.24) is 9.78 Å². The third kappa shape index (κ3) is 3.86. The van der Waals surface area contributed by atoms with Crippen molar-refractivity contribution in [2.45, 2.75) is 6.54 Å². The third-order valence-corrected chi connectivity index (χ3v) is 3.91. The topological polar surface area (TPSA) is 90.1 Å². The number of nitrogens with one attached hydrogen (secondary N) is 1. The van der Waals surface area contributed by atoms with Gasteiger partial charge in [0.2, 0.25) is 0 Å². The van der Waals surface area contributed by atoms with E-state index in [0.717, 1.165) is 6.07 Å². The Morgan fingerprint density at radius 1 is 1.31 bits per heavy atom. The first kappa shape index (κ1) is 17.6. The van der Waals surface area contributed by atoms with Gasteiger partial charge in [-0.25, -0.2) is 4.39 Å². The molecule has 0 aliphatic rings. The van der Waals surface area contributed by atoms with Crippen LogP contribution >= 0.6 is 11.6 Å². The van der Waals surface area contributed by atoms with E-state index in [-0.39, 0.29) is 28.6 Å². The molecule has 0 saturated carbocycles. The average molecular weight is 375 g/mol. The number of amides is 1. The van der Waals surface area contributed by atoms with Crippen molar-refractivity contribution in [2.75, 3.05) is 5.32 Å². The number of anilines is 1. The molecule has 0 aliphatic heterocycles. The van der Waals surface area contributed by atoms with Crippen LogP contribution in [0.1, 0.15) is 15.9 Å². The highest BCUT2D eigenvalue weighted by Gasteiger charge is 2.16. The fourth-order valence-corrected chi connectivity index (χ4v) is 2.50. The van der Waals surface area contributed by atoms with Crippen molar-refractivity contribution >= 4 is 28.9 Å². The molecule has 0 aliphatic carbocycles. The molecule has 3 rings (SSSR count). The minimum Gasteiger partial charge on any atom is -0.319 e. The molecule has 1 heterocycles. The lowest BCUT2D eigenvalue weighted by atomic mass is 10.2. The van der Waals surface area contributed by atoms with E-state index in [1.807, 2.05) is 0 Å². The SMILES string of the molecule is O=C(Nc1cnn(Cc2ccccc2F)c1)c1ccc(Cl)c([N+](=O)[O-])c1. The van der Waals surface area contributed by atoms with Crippen LogP contribution in [0.5, 0.6) is 0 Å². The van der Waals surface area contributed by atoms with E-state index in [1.54, 1.807) is 18.2 Å². The zero-order chi connectivity index (χ0) is 18.7. The largest absolute Gasteiger partial charge is 0.319 e. The van der Waals surface area contributed by atoms with Gasteiger partial charge in [0.25, 0.3) is 11.6 Å². The summed E-state index contributed by atoms with van der Waals surface area (Å²) in [5, 5.41) is 17.5. The molecule has 132 valence electrons. The number of nitro groups is 1. The van der Waals surface area contributed by atoms with Crippen LogP contribution in [-0.2, 0) is 6.54 Å². The maximum absolute atomic E-state index is 13.7. The Kier molecular flexibility index (Phi) is 4.94. The first-order valence-electron chi connectivity index (χ1n) is 7.45. The molecular formula is C17H12ClFN4O3. The Morgan fingerprint density at radius 3 is 2.81 bits per heavy atom. The summed E-state index contributed by atoms with van der Waals surface area (Å²) in [7, 11) is 0. The molecule has 0 radical (unpaired) electrons. The zero-order valence-corrected chi connectivity index (χ0v) is 14.0. The summed E-state index contributed by atoms with van der Waals surface area (Å²) in [6, 6.07) is 10.1. The quantitative estimate of drug-likeness (QED) is 0.542. The van der Waals surface area contributed by atoms with Gasteiger partial charge in [-0.15, -0.1) is 0 Å². The van der Waals surface area contributed by atoms with E-state index in [4.69, 9.17) is 11.6 Å². The number of carbonyl (C=O) groups excluding carboxylic acids is 1. The molecule has 1 aromatic heterocycles. The second kappa shape index (κ2) is 7.32. The Hall–Kier alpha value is -3.26. The molecule has 0 bridgehead atoms. The molecule has 0 atom stereocenters. The summed E-state index contributed by atoms with van der Waals surface area (Å²) < 4.78 is 15.1. The minimum atomic E-state index is -0.661. The van der Waals surface area contributed by atoms with Crippen LogP contribution in [0.3, 0.4) is 0 Å². The van der Waals surface area contributed by atoms with Crippen molar-refractivity contribution in [3.8, 4) is 0 Å². The number of carbonyl (C=O) groups is 1. The van der Waals surface area contributed by atoms with Gasteiger partial charge >= 0.3 is 0 Å². The maximum atomic E-state index is 13.7. The van der Waals surface area contributed by atoms with Crippen LogP contribution in [-0.4, -0.2) is 20.6 Å². The first-order valence-corrected chi connectivity index (χ1v) is 7.83. The second-order valence-corrected chi connectivity index (χ2v) is 5.80. The van der Waals surface area contributed by atoms with Crippen LogP contribution in [0.4, 0.5) is 15.8 Å². The van der Waals surface area contributed by atoms with Crippen molar-refractivity contribution in [2.24, 2.45) is 0 Å². The van der Waals surface area contributed by atoms with Gasteiger partial charge < -0.3 is 5.32 Å². The van der Waals surface area contributed by atoms with Crippen molar-refractivity contribution in [3.63, 3.8) is 0 Å². The second-order valence-electron chi connectivity index (χ2n) is 5.40. The van der Waals surface area contributed by atoms with Gasteiger partial charge in [0.15, 0.2) is 0 Å². The molecule has 9 heteroatoms. The molecular weight excluding hydrogens is 363 g/mol. The molecule has 0 spiro atoms. The number of benzene rings is 2. The number of aromatic nitrogens is 2. The maximum Gasteiger partial charge on any atom is 0.288 e. The fourth-order valence-electron chi connectivity index (χ4n) is 2.31. The van der Waals surface area contributed by atoms with E-state index in [0.29, 0.717) is 11.3 Å². The smallest absolute Gasteiger partial charge is 0.288 e. The average Bonchev–Trinajstić information content (AvgIpc) is 3.04. The normalized spacial score (nSPS) is 10.5. The fraction of sp³-hybridized carbons (Fsp3) is 0.0588. The summed E-state index contributed by atoms with van der Waals surface area (Å²) >= 11 is 5.73. The van der Waals surface area contributed by atoms with Crippen molar-refractivity contribution in [3.05, 3.63) is 86.9 Å². The molecule has 1 amide bonds. The zero-order valence-electron chi connectivity index (χ0n) is 13.2. The van der Waals surface area contributed by atoms with E-state index in [9.17, 15) is 19.3 Å². The number of nitrogens with zero attached hydrogens (tertiary/aromatic N) is 3. The Bertz CT molecular complexity index is 990. The van der Waals surface area contributed by atoms with E-state index < -0.39 is 10.8 Å². The third-order valence-electron chi connectivity index (χ3n) is 3.59. The highest BCUT2D eigenvalue weighted by atomic mass is 35.5. The predicted octanol–water partition coefficient (Wildman–Crippen LogP) is 3.88. The van der Waals surface area contributed by atoms with Crippen LogP contribution in [0.25, 0.3) is 0 Å². The predicted molar refractivity (Wildman–Crippen MR) is 93.8 cm³/mol. The summed E-state index contributed by atoms with van der Waals surface area (Å²) in [5.41, 5.74) is 0.572. The summed E-state index contributed by atoms with van der Waals surface area (Å²) in [6.45, 7) is 0.203. The van der Waals surface area contributed by atoms with Crippen LogP contribution in [0.2, 0.25) is 5.02 Å². The Morgan fingerprint density at radius 2 is 2.08 bits per heavy atom. The monoisotopic (exact) mass is 374 g/mol. The highest BCUT2D eigenvalue weighted by molar-refractivity contribution is 6.32. The van der Waals surface area contributed by atoms with Crippen molar-refractivity contribution < 1.29 is 14.1 Å². The Labute approximate surface area is 152 Å². The number of rotatable bonds is 5. The highest BCUT2D eigenvalue weighted by Crippen LogP contribution is 2.25. The summed E-state index contributed by atoms with van der Waals surface area (Å²) in [5.74, 6) is -0.891. The Balaban J connectivity index is 1.73. The van der Waals surface area contributed by atoms with Crippen molar-refractivity contribution in [1.29, 1.82) is 0 Å².